The molecule has 4 rings (SSSR count). The summed E-state index contributed by atoms with van der Waals surface area (Å²) in [6.45, 7) is 0.871. The Morgan fingerprint density at radius 3 is 2.31 bits per heavy atom. The van der Waals surface area contributed by atoms with Gasteiger partial charge < -0.3 is 9.47 Å². The van der Waals surface area contributed by atoms with Gasteiger partial charge in [-0.05, 0) is 29.8 Å². The average Bonchev–Trinajstić information content (AvgIpc) is 2.88. The molecule has 0 saturated carbocycles. The Kier molecular flexibility index (Phi) is 7.61. The van der Waals surface area contributed by atoms with Gasteiger partial charge in [-0.1, -0.05) is 62.2 Å². The summed E-state index contributed by atoms with van der Waals surface area (Å²) in [5.74, 6) is 1.18. The summed E-state index contributed by atoms with van der Waals surface area (Å²) in [7, 11) is 0. The van der Waals surface area contributed by atoms with Crippen molar-refractivity contribution in [3.05, 3.63) is 98.1 Å². The second-order valence-corrected chi connectivity index (χ2v) is 9.37. The molecule has 12 heteroatoms. The van der Waals surface area contributed by atoms with Crippen LogP contribution in [0, 0.1) is 20.2 Å². The van der Waals surface area contributed by atoms with Gasteiger partial charge >= 0.3 is 5.69 Å². The number of nitrogens with one attached hydrogen (secondary N) is 1. The fraction of sp³-hybridized carbons (Fsp3) is 0.174. The first-order valence-electron chi connectivity index (χ1n) is 10.3. The first-order chi connectivity index (χ1) is 16.8. The van der Waals surface area contributed by atoms with Crippen LogP contribution in [0.25, 0.3) is 0 Å². The largest absolute Gasteiger partial charge is 0.486 e. The molecule has 0 fully saturated rings. The molecule has 180 valence electrons. The number of hydrogen-bond acceptors (Lipinski definition) is 8. The van der Waals surface area contributed by atoms with Crippen LogP contribution in [-0.4, -0.2) is 33.6 Å². The SMILES string of the molecule is O=[N+]([O-])c1ccc(N/N=C(\c2ccc3c(c2)OCCO3)C(Br)C(Br)c2ccccc2)c([N+](=O)[O-])c1. The molecule has 1 aliphatic heterocycles. The maximum atomic E-state index is 11.5. The highest BCUT2D eigenvalue weighted by molar-refractivity contribution is 9.12. The predicted molar refractivity (Wildman–Crippen MR) is 138 cm³/mol. The Morgan fingerprint density at radius 2 is 1.63 bits per heavy atom. The van der Waals surface area contributed by atoms with E-state index in [1.54, 1.807) is 12.1 Å². The predicted octanol–water partition coefficient (Wildman–Crippen LogP) is 5.99. The Morgan fingerprint density at radius 1 is 0.914 bits per heavy atom. The summed E-state index contributed by atoms with van der Waals surface area (Å²) in [6, 6.07) is 18.4. The molecule has 0 spiro atoms. The van der Waals surface area contributed by atoms with Crippen molar-refractivity contribution in [2.24, 2.45) is 5.10 Å². The summed E-state index contributed by atoms with van der Waals surface area (Å²) < 4.78 is 11.3. The summed E-state index contributed by atoms with van der Waals surface area (Å²) in [6.07, 6.45) is 0. The lowest BCUT2D eigenvalue weighted by molar-refractivity contribution is -0.393. The minimum absolute atomic E-state index is 0.0150. The number of hydrogen-bond donors (Lipinski definition) is 1. The molecule has 0 aromatic heterocycles. The Hall–Kier alpha value is -3.51. The third-order valence-corrected chi connectivity index (χ3v) is 7.89. The fourth-order valence-corrected chi connectivity index (χ4v) is 4.66. The smallest absolute Gasteiger partial charge is 0.301 e. The number of nitro benzene ring substituents is 2. The quantitative estimate of drug-likeness (QED) is 0.144. The minimum atomic E-state index is -0.697. The van der Waals surface area contributed by atoms with Crippen molar-refractivity contribution in [2.75, 3.05) is 18.6 Å². The first-order valence-corrected chi connectivity index (χ1v) is 12.2. The van der Waals surface area contributed by atoms with E-state index >= 15 is 0 Å². The van der Waals surface area contributed by atoms with Crippen LogP contribution in [0.4, 0.5) is 17.1 Å². The van der Waals surface area contributed by atoms with Gasteiger partial charge in [0.15, 0.2) is 11.5 Å². The maximum absolute atomic E-state index is 11.5. The van der Waals surface area contributed by atoms with E-state index in [0.29, 0.717) is 36.0 Å². The molecule has 0 radical (unpaired) electrons. The average molecular weight is 606 g/mol. The summed E-state index contributed by atoms with van der Waals surface area (Å²) in [5.41, 5.74) is 4.08. The molecule has 1 heterocycles. The van der Waals surface area contributed by atoms with Crippen molar-refractivity contribution in [2.45, 2.75) is 9.65 Å². The summed E-state index contributed by atoms with van der Waals surface area (Å²) in [5, 5.41) is 27.1. The standard InChI is InChI=1S/C23H18Br2N4O6/c24-21(14-4-2-1-3-5-14)22(25)23(15-6-9-19-20(12-15)35-11-10-34-19)27-26-17-8-7-16(28(30)31)13-18(17)29(32)33/h1-9,12-13,21-22,26H,10-11H2/b27-23+. The van der Waals surface area contributed by atoms with E-state index in [4.69, 9.17) is 9.47 Å². The zero-order valence-corrected chi connectivity index (χ0v) is 21.1. The highest BCUT2D eigenvalue weighted by Gasteiger charge is 2.27. The molecule has 0 bridgehead atoms. The number of nitrogens with zero attached hydrogens (tertiary/aromatic N) is 3. The zero-order valence-electron chi connectivity index (χ0n) is 18.0. The molecule has 0 saturated heterocycles. The van der Waals surface area contributed by atoms with Crippen molar-refractivity contribution in [1.82, 2.24) is 0 Å². The van der Waals surface area contributed by atoms with E-state index in [9.17, 15) is 20.2 Å². The third-order valence-electron chi connectivity index (χ3n) is 5.16. The maximum Gasteiger partial charge on any atom is 0.301 e. The molecule has 2 atom stereocenters. The summed E-state index contributed by atoms with van der Waals surface area (Å²) in [4.78, 5) is 20.6. The number of hydrazone groups is 1. The van der Waals surface area contributed by atoms with Gasteiger partial charge in [-0.25, -0.2) is 0 Å². The number of nitro groups is 2. The van der Waals surface area contributed by atoms with Crippen molar-refractivity contribution in [3.8, 4) is 11.5 Å². The summed E-state index contributed by atoms with van der Waals surface area (Å²) >= 11 is 7.44. The molecule has 0 amide bonds. The lowest BCUT2D eigenvalue weighted by Crippen LogP contribution is -2.23. The molecular weight excluding hydrogens is 588 g/mol. The number of fused-ring (bicyclic) bond motifs is 1. The molecule has 1 aliphatic rings. The second kappa shape index (κ2) is 10.8. The van der Waals surface area contributed by atoms with Gasteiger partial charge in [-0.15, -0.1) is 0 Å². The van der Waals surface area contributed by atoms with Gasteiger partial charge in [-0.2, -0.15) is 5.10 Å². The van der Waals surface area contributed by atoms with E-state index in [1.165, 1.54) is 12.1 Å². The van der Waals surface area contributed by atoms with Gasteiger partial charge in [0, 0.05) is 11.6 Å². The van der Waals surface area contributed by atoms with Crippen molar-refractivity contribution in [3.63, 3.8) is 0 Å². The fourth-order valence-electron chi connectivity index (χ4n) is 3.43. The van der Waals surface area contributed by atoms with Crippen LogP contribution in [0.2, 0.25) is 0 Å². The van der Waals surface area contributed by atoms with Crippen LogP contribution in [0.1, 0.15) is 16.0 Å². The highest BCUT2D eigenvalue weighted by Crippen LogP contribution is 2.37. The number of benzene rings is 3. The molecule has 3 aromatic rings. The lowest BCUT2D eigenvalue weighted by Gasteiger charge is -2.22. The number of ether oxygens (including phenoxy) is 2. The van der Waals surface area contributed by atoms with Gasteiger partial charge in [0.2, 0.25) is 0 Å². The van der Waals surface area contributed by atoms with Crippen molar-refractivity contribution in [1.29, 1.82) is 0 Å². The second-order valence-electron chi connectivity index (χ2n) is 7.40. The normalized spacial score (nSPS) is 14.6. The van der Waals surface area contributed by atoms with Crippen LogP contribution >= 0.6 is 31.9 Å². The van der Waals surface area contributed by atoms with Crippen LogP contribution in [0.5, 0.6) is 11.5 Å². The van der Waals surface area contributed by atoms with E-state index in [-0.39, 0.29) is 21.0 Å². The first kappa shape index (κ1) is 24.6. The lowest BCUT2D eigenvalue weighted by atomic mass is 10.0. The Bertz CT molecular complexity index is 1290. The molecule has 0 aliphatic carbocycles. The minimum Gasteiger partial charge on any atom is -0.486 e. The van der Waals surface area contributed by atoms with E-state index in [1.807, 2.05) is 36.4 Å². The highest BCUT2D eigenvalue weighted by atomic mass is 79.9. The topological polar surface area (TPSA) is 129 Å². The number of alkyl halides is 2. The molecule has 35 heavy (non-hydrogen) atoms. The zero-order chi connectivity index (χ0) is 24.9. The Balaban J connectivity index is 1.74. The third kappa shape index (κ3) is 5.60. The molecule has 1 N–H and O–H groups in total. The number of non-ortho nitro benzene ring substituents is 1. The molecular formula is C23H18Br2N4O6. The molecule has 3 aromatic carbocycles. The van der Waals surface area contributed by atoms with Crippen LogP contribution < -0.4 is 14.9 Å². The Labute approximate surface area is 216 Å². The van der Waals surface area contributed by atoms with E-state index in [2.05, 4.69) is 42.4 Å². The molecule has 2 unspecified atom stereocenters. The van der Waals surface area contributed by atoms with Gasteiger partial charge in [0.1, 0.15) is 18.9 Å². The van der Waals surface area contributed by atoms with Gasteiger partial charge in [-0.3, -0.25) is 25.7 Å². The number of anilines is 1. The van der Waals surface area contributed by atoms with Crippen LogP contribution in [0.15, 0.2) is 71.8 Å². The molecule has 10 nitrogen and oxygen atoms in total. The number of halogens is 2. The van der Waals surface area contributed by atoms with E-state index < -0.39 is 15.5 Å². The van der Waals surface area contributed by atoms with Crippen molar-refractivity contribution >= 4 is 54.6 Å². The van der Waals surface area contributed by atoms with E-state index in [0.717, 1.165) is 11.6 Å². The van der Waals surface area contributed by atoms with Crippen LogP contribution in [0.3, 0.4) is 0 Å². The number of rotatable bonds is 8. The monoisotopic (exact) mass is 604 g/mol. The van der Waals surface area contributed by atoms with Gasteiger partial charge in [0.05, 0.1) is 31.3 Å². The van der Waals surface area contributed by atoms with Crippen molar-refractivity contribution < 1.29 is 19.3 Å². The van der Waals surface area contributed by atoms with Crippen LogP contribution in [-0.2, 0) is 0 Å². The van der Waals surface area contributed by atoms with Gasteiger partial charge in [0.25, 0.3) is 5.69 Å².